The molecular weight excluding hydrogens is 480 g/mol. The highest BCUT2D eigenvalue weighted by atomic mass is 16.5. The summed E-state index contributed by atoms with van der Waals surface area (Å²) in [6, 6.07) is 12.5. The molecular formula is C31H42N2O5. The normalized spacial score (nSPS) is 17.3. The minimum Gasteiger partial charge on any atom is -0.493 e. The van der Waals surface area contributed by atoms with Crippen molar-refractivity contribution < 1.29 is 23.8 Å². The van der Waals surface area contributed by atoms with Crippen LogP contribution in [0.2, 0.25) is 0 Å². The summed E-state index contributed by atoms with van der Waals surface area (Å²) >= 11 is 0. The smallest absolute Gasteiger partial charge is 0.338 e. The molecule has 3 rings (SSSR count). The lowest BCUT2D eigenvalue weighted by molar-refractivity contribution is -0.137. The highest BCUT2D eigenvalue weighted by Crippen LogP contribution is 2.31. The van der Waals surface area contributed by atoms with E-state index in [-0.39, 0.29) is 5.97 Å². The Hall–Kier alpha value is -3.48. The van der Waals surface area contributed by atoms with Crippen LogP contribution >= 0.6 is 0 Å². The van der Waals surface area contributed by atoms with E-state index in [0.29, 0.717) is 36.1 Å². The third-order valence-electron chi connectivity index (χ3n) is 7.05. The van der Waals surface area contributed by atoms with Crippen molar-refractivity contribution in [3.05, 3.63) is 59.7 Å². The zero-order valence-corrected chi connectivity index (χ0v) is 22.5. The van der Waals surface area contributed by atoms with Gasteiger partial charge in [-0.1, -0.05) is 38.3 Å². The van der Waals surface area contributed by atoms with Gasteiger partial charge in [-0.15, -0.1) is 0 Å². The van der Waals surface area contributed by atoms with E-state index in [2.05, 4.69) is 6.92 Å². The van der Waals surface area contributed by atoms with Gasteiger partial charge in [-0.3, -0.25) is 0 Å². The number of ether oxygens (including phenoxy) is 3. The molecule has 0 radical (unpaired) electrons. The topological polar surface area (TPSA) is 114 Å². The number of anilines is 2. The number of benzene rings is 2. The van der Waals surface area contributed by atoms with Crippen molar-refractivity contribution in [3.63, 3.8) is 0 Å². The predicted octanol–water partition coefficient (Wildman–Crippen LogP) is 6.42. The van der Waals surface area contributed by atoms with Crippen LogP contribution in [0, 0.1) is 11.8 Å². The van der Waals surface area contributed by atoms with Crippen molar-refractivity contribution in [1.82, 2.24) is 0 Å². The first-order valence-electron chi connectivity index (χ1n) is 13.8. The first kappa shape index (κ1) is 29.1. The van der Waals surface area contributed by atoms with Gasteiger partial charge < -0.3 is 25.7 Å². The van der Waals surface area contributed by atoms with Gasteiger partial charge in [0, 0.05) is 17.5 Å². The lowest BCUT2D eigenvalue weighted by Gasteiger charge is -2.27. The molecule has 206 valence electrons. The highest BCUT2D eigenvalue weighted by Gasteiger charge is 2.20. The molecule has 1 aliphatic carbocycles. The van der Waals surface area contributed by atoms with Crippen molar-refractivity contribution in [2.45, 2.75) is 64.7 Å². The molecule has 0 bridgehead atoms. The van der Waals surface area contributed by atoms with Gasteiger partial charge in [0.15, 0.2) is 0 Å². The van der Waals surface area contributed by atoms with Crippen molar-refractivity contribution in [2.75, 3.05) is 31.3 Å². The Morgan fingerprint density at radius 2 is 1.45 bits per heavy atom. The monoisotopic (exact) mass is 522 g/mol. The summed E-state index contributed by atoms with van der Waals surface area (Å²) in [5, 5.41) is 0. The van der Waals surface area contributed by atoms with Crippen LogP contribution in [0.4, 0.5) is 11.4 Å². The summed E-state index contributed by atoms with van der Waals surface area (Å²) in [5.74, 6) is 1.63. The standard InChI is InChI=1S/C31H42N2O5/c1-2-23-7-9-25(10-8-23)22-38-29-14-11-24(12-15-29)13-16-30(34)36-17-5-3-4-6-18-37-31(35)26-19-27(32)21-28(33)20-26/h11-16,19-21,23,25H,2-10,17-18,22,32-33H2,1H3. The molecule has 0 unspecified atom stereocenters. The minimum absolute atomic E-state index is 0.319. The summed E-state index contributed by atoms with van der Waals surface area (Å²) in [7, 11) is 0. The maximum absolute atomic E-state index is 12.0. The molecule has 1 saturated carbocycles. The molecule has 4 N–H and O–H groups in total. The van der Waals surface area contributed by atoms with Crippen LogP contribution in [-0.2, 0) is 14.3 Å². The van der Waals surface area contributed by atoms with Crippen LogP contribution in [0.25, 0.3) is 6.08 Å². The second-order valence-electron chi connectivity index (χ2n) is 10.1. The number of unbranched alkanes of at least 4 members (excludes halogenated alkanes) is 3. The SMILES string of the molecule is CCC1CCC(COc2ccc(C=CC(=O)OCCCCCCOC(=O)c3cc(N)cc(N)c3)cc2)CC1. The van der Waals surface area contributed by atoms with Crippen LogP contribution < -0.4 is 16.2 Å². The summed E-state index contributed by atoms with van der Waals surface area (Å²) < 4.78 is 16.5. The zero-order chi connectivity index (χ0) is 27.2. The fourth-order valence-corrected chi connectivity index (χ4v) is 4.68. The largest absolute Gasteiger partial charge is 0.493 e. The molecule has 0 heterocycles. The quantitative estimate of drug-likeness (QED) is 0.127. The van der Waals surface area contributed by atoms with E-state index in [1.54, 1.807) is 24.3 Å². The Morgan fingerprint density at radius 3 is 2.08 bits per heavy atom. The van der Waals surface area contributed by atoms with Gasteiger partial charge in [-0.25, -0.2) is 9.59 Å². The molecule has 0 aliphatic heterocycles. The third kappa shape index (κ3) is 10.5. The molecule has 0 aromatic heterocycles. The molecule has 0 spiro atoms. The fourth-order valence-electron chi connectivity index (χ4n) is 4.68. The summed E-state index contributed by atoms with van der Waals surface area (Å²) in [4.78, 5) is 24.0. The predicted molar refractivity (Wildman–Crippen MR) is 152 cm³/mol. The fraction of sp³-hybridized carbons (Fsp3) is 0.484. The maximum atomic E-state index is 12.0. The van der Waals surface area contributed by atoms with Crippen LogP contribution in [0.15, 0.2) is 48.5 Å². The van der Waals surface area contributed by atoms with Crippen molar-refractivity contribution in [1.29, 1.82) is 0 Å². The molecule has 1 aliphatic rings. The number of carbonyl (C=O) groups excluding carboxylic acids is 2. The second-order valence-corrected chi connectivity index (χ2v) is 10.1. The number of carbonyl (C=O) groups is 2. The average Bonchev–Trinajstić information content (AvgIpc) is 2.92. The number of hydrogen-bond donors (Lipinski definition) is 2. The maximum Gasteiger partial charge on any atom is 0.338 e. The van der Waals surface area contributed by atoms with Crippen molar-refractivity contribution in [3.8, 4) is 5.75 Å². The van der Waals surface area contributed by atoms with Gasteiger partial charge in [0.05, 0.1) is 25.4 Å². The summed E-state index contributed by atoms with van der Waals surface area (Å²) in [6.45, 7) is 3.74. The molecule has 0 atom stereocenters. The van der Waals surface area contributed by atoms with Crippen LogP contribution in [-0.4, -0.2) is 31.8 Å². The molecule has 7 nitrogen and oxygen atoms in total. The summed E-state index contributed by atoms with van der Waals surface area (Å²) in [6.07, 6.45) is 12.9. The number of esters is 2. The zero-order valence-electron chi connectivity index (χ0n) is 22.5. The van der Waals surface area contributed by atoms with Crippen LogP contribution in [0.5, 0.6) is 5.75 Å². The van der Waals surface area contributed by atoms with Gasteiger partial charge in [0.1, 0.15) is 5.75 Å². The Bertz CT molecular complexity index is 1020. The number of rotatable bonds is 14. The van der Waals surface area contributed by atoms with Crippen molar-refractivity contribution >= 4 is 29.4 Å². The minimum atomic E-state index is -0.434. The lowest BCUT2D eigenvalue weighted by atomic mass is 9.81. The Labute approximate surface area is 226 Å². The molecule has 38 heavy (non-hydrogen) atoms. The molecule has 7 heteroatoms. The van der Waals surface area contributed by atoms with Crippen LogP contribution in [0.1, 0.15) is 80.6 Å². The van der Waals surface area contributed by atoms with E-state index in [1.807, 2.05) is 24.3 Å². The first-order valence-corrected chi connectivity index (χ1v) is 13.8. The third-order valence-corrected chi connectivity index (χ3v) is 7.05. The van der Waals surface area contributed by atoms with Gasteiger partial charge in [0.2, 0.25) is 0 Å². The summed E-state index contributed by atoms with van der Waals surface area (Å²) in [5.41, 5.74) is 13.5. The van der Waals surface area contributed by atoms with Gasteiger partial charge in [-0.05, 0) is 92.3 Å². The van der Waals surface area contributed by atoms with E-state index in [0.717, 1.165) is 49.5 Å². The Kier molecular flexibility index (Phi) is 12.0. The van der Waals surface area contributed by atoms with E-state index in [9.17, 15) is 9.59 Å². The average molecular weight is 523 g/mol. The number of nitrogens with two attached hydrogens (primary N) is 2. The molecule has 2 aromatic rings. The van der Waals surface area contributed by atoms with E-state index < -0.39 is 5.97 Å². The van der Waals surface area contributed by atoms with E-state index in [1.165, 1.54) is 38.2 Å². The number of hydrogen-bond acceptors (Lipinski definition) is 7. The molecule has 2 aromatic carbocycles. The van der Waals surface area contributed by atoms with Crippen molar-refractivity contribution in [2.24, 2.45) is 11.8 Å². The number of nitrogen functional groups attached to an aromatic ring is 2. The van der Waals surface area contributed by atoms with Gasteiger partial charge >= 0.3 is 11.9 Å². The van der Waals surface area contributed by atoms with E-state index >= 15 is 0 Å². The highest BCUT2D eigenvalue weighted by molar-refractivity contribution is 5.91. The first-order chi connectivity index (χ1) is 18.4. The lowest BCUT2D eigenvalue weighted by Crippen LogP contribution is -2.19. The van der Waals surface area contributed by atoms with E-state index in [4.69, 9.17) is 25.7 Å². The molecule has 1 fully saturated rings. The van der Waals surface area contributed by atoms with Gasteiger partial charge in [-0.2, -0.15) is 0 Å². The van der Waals surface area contributed by atoms with Crippen LogP contribution in [0.3, 0.4) is 0 Å². The Morgan fingerprint density at radius 1 is 0.842 bits per heavy atom. The Balaban J connectivity index is 1.22. The second kappa shape index (κ2) is 15.7. The molecule has 0 saturated heterocycles. The van der Waals surface area contributed by atoms with Gasteiger partial charge in [0.25, 0.3) is 0 Å². The molecule has 0 amide bonds.